The van der Waals surface area contributed by atoms with Crippen LogP contribution in [0.1, 0.15) is 13.3 Å². The summed E-state index contributed by atoms with van der Waals surface area (Å²) in [6.07, 6.45) is 1.54. The van der Waals surface area contributed by atoms with Gasteiger partial charge in [-0.05, 0) is 43.3 Å². The topological polar surface area (TPSA) is 71.0 Å². The number of halogens is 1. The number of carbonyl (C=O) groups excluding carboxylic acids is 2. The monoisotopic (exact) mass is 427 g/mol. The molecule has 8 heteroatoms. The summed E-state index contributed by atoms with van der Waals surface area (Å²) < 4.78 is 19.3. The Kier molecular flexibility index (Phi) is 7.24. The average Bonchev–Trinajstić information content (AvgIpc) is 3.00. The Labute approximate surface area is 178 Å². The van der Waals surface area contributed by atoms with E-state index < -0.39 is 11.1 Å². The molecule has 30 heavy (non-hydrogen) atoms. The predicted molar refractivity (Wildman–Crippen MR) is 118 cm³/mol. The minimum absolute atomic E-state index is 0.0271. The molecule has 0 saturated carbocycles. The van der Waals surface area contributed by atoms with E-state index in [-0.39, 0.29) is 30.5 Å². The molecule has 0 unspecified atom stereocenters. The lowest BCUT2D eigenvalue weighted by molar-refractivity contribution is -0.127. The van der Waals surface area contributed by atoms with E-state index in [4.69, 9.17) is 4.74 Å². The second-order valence-corrected chi connectivity index (χ2v) is 7.57. The molecule has 2 amide bonds. The third-order valence-electron chi connectivity index (χ3n) is 4.22. The molecular weight excluding hydrogens is 405 g/mol. The van der Waals surface area contributed by atoms with Crippen molar-refractivity contribution in [2.45, 2.75) is 18.6 Å². The van der Waals surface area contributed by atoms with Crippen LogP contribution in [0, 0.1) is 5.82 Å². The highest BCUT2D eigenvalue weighted by atomic mass is 32.2. The summed E-state index contributed by atoms with van der Waals surface area (Å²) >= 11 is 1.15. The molecule has 1 atom stereocenters. The number of benzene rings is 2. The number of aliphatic imine (C=N–C) groups is 1. The van der Waals surface area contributed by atoms with Crippen LogP contribution in [0.5, 0.6) is 5.75 Å². The smallest absolute Gasteiger partial charge is 0.242 e. The fourth-order valence-corrected chi connectivity index (χ4v) is 4.01. The molecule has 0 aliphatic carbocycles. The number of anilines is 1. The van der Waals surface area contributed by atoms with Crippen molar-refractivity contribution in [3.05, 3.63) is 67.0 Å². The summed E-state index contributed by atoms with van der Waals surface area (Å²) in [6.45, 7) is 6.34. The first-order valence-corrected chi connectivity index (χ1v) is 10.3. The molecule has 2 aromatic carbocycles. The summed E-state index contributed by atoms with van der Waals surface area (Å²) in [5.74, 6) is -0.313. The number of carbonyl (C=O) groups is 2. The van der Waals surface area contributed by atoms with Crippen LogP contribution in [-0.2, 0) is 9.59 Å². The van der Waals surface area contributed by atoms with E-state index >= 15 is 0 Å². The van der Waals surface area contributed by atoms with E-state index in [0.29, 0.717) is 23.2 Å². The number of ether oxygens (including phenoxy) is 1. The first-order chi connectivity index (χ1) is 14.5. The lowest BCUT2D eigenvalue weighted by Gasteiger charge is -2.14. The molecule has 1 aliphatic heterocycles. The Hall–Kier alpha value is -3.13. The van der Waals surface area contributed by atoms with E-state index in [2.05, 4.69) is 16.9 Å². The summed E-state index contributed by atoms with van der Waals surface area (Å²) in [4.78, 5) is 30.9. The highest BCUT2D eigenvalue weighted by Crippen LogP contribution is 2.32. The van der Waals surface area contributed by atoms with E-state index in [9.17, 15) is 14.0 Å². The highest BCUT2D eigenvalue weighted by Gasteiger charge is 2.38. The van der Waals surface area contributed by atoms with Crippen molar-refractivity contribution in [2.24, 2.45) is 4.99 Å². The van der Waals surface area contributed by atoms with Gasteiger partial charge in [0, 0.05) is 18.7 Å². The van der Waals surface area contributed by atoms with Crippen molar-refractivity contribution in [2.75, 3.05) is 18.5 Å². The molecule has 0 aromatic heterocycles. The Morgan fingerprint density at radius 2 is 2.03 bits per heavy atom. The zero-order valence-electron chi connectivity index (χ0n) is 16.5. The Bertz CT molecular complexity index is 962. The maximum absolute atomic E-state index is 14.0. The van der Waals surface area contributed by atoms with Crippen molar-refractivity contribution in [1.29, 1.82) is 0 Å². The van der Waals surface area contributed by atoms with Crippen LogP contribution in [0.25, 0.3) is 0 Å². The molecule has 0 radical (unpaired) electrons. The summed E-state index contributed by atoms with van der Waals surface area (Å²) in [6, 6.07) is 13.1. The normalized spacial score (nSPS) is 17.3. The van der Waals surface area contributed by atoms with Crippen LogP contribution in [0.2, 0.25) is 0 Å². The van der Waals surface area contributed by atoms with Gasteiger partial charge in [-0.1, -0.05) is 30.0 Å². The number of hydrogen-bond donors (Lipinski definition) is 1. The van der Waals surface area contributed by atoms with Gasteiger partial charge in [0.2, 0.25) is 11.8 Å². The van der Waals surface area contributed by atoms with Gasteiger partial charge in [0.05, 0.1) is 6.61 Å². The van der Waals surface area contributed by atoms with Crippen LogP contribution in [0.15, 0.2) is 66.2 Å². The Morgan fingerprint density at radius 3 is 2.70 bits per heavy atom. The van der Waals surface area contributed by atoms with Gasteiger partial charge in [0.15, 0.2) is 5.17 Å². The zero-order chi connectivity index (χ0) is 21.5. The maximum Gasteiger partial charge on any atom is 0.242 e. The Morgan fingerprint density at radius 1 is 1.30 bits per heavy atom. The number of amidine groups is 1. The van der Waals surface area contributed by atoms with Crippen LogP contribution in [0.3, 0.4) is 0 Å². The summed E-state index contributed by atoms with van der Waals surface area (Å²) in [5.41, 5.74) is 0.753. The van der Waals surface area contributed by atoms with Crippen LogP contribution < -0.4 is 10.1 Å². The lowest BCUT2D eigenvalue weighted by atomic mass is 10.2. The van der Waals surface area contributed by atoms with Crippen LogP contribution in [-0.4, -0.2) is 40.3 Å². The van der Waals surface area contributed by atoms with Crippen molar-refractivity contribution in [3.63, 3.8) is 0 Å². The molecule has 156 valence electrons. The molecule has 0 spiro atoms. The van der Waals surface area contributed by atoms with Gasteiger partial charge < -0.3 is 10.1 Å². The molecule has 1 aliphatic rings. The summed E-state index contributed by atoms with van der Waals surface area (Å²) in [7, 11) is 0. The summed E-state index contributed by atoms with van der Waals surface area (Å²) in [5, 5.41) is 2.49. The SMILES string of the molecule is C=CCN1C(=O)[C@H](CC(=O)Nc2ccc(OCC)cc2)SC1=Nc1ccccc1F. The number of thioether (sulfide) groups is 1. The molecule has 1 saturated heterocycles. The molecule has 2 aromatic rings. The van der Waals surface area contributed by atoms with Crippen LogP contribution >= 0.6 is 11.8 Å². The molecule has 3 rings (SSSR count). The largest absolute Gasteiger partial charge is 0.494 e. The van der Waals surface area contributed by atoms with Gasteiger partial charge in [-0.15, -0.1) is 6.58 Å². The van der Waals surface area contributed by atoms with Crippen LogP contribution in [0.4, 0.5) is 15.8 Å². The number of nitrogens with zero attached hydrogens (tertiary/aromatic N) is 2. The Balaban J connectivity index is 1.69. The number of amides is 2. The number of para-hydroxylation sites is 1. The molecular formula is C22H22FN3O3S. The standard InChI is InChI=1S/C22H22FN3O3S/c1-3-13-26-21(28)19(30-22(26)25-18-8-6-5-7-17(18)23)14-20(27)24-15-9-11-16(12-10-15)29-4-2/h3,5-12,19H,1,4,13-14H2,2H3,(H,24,27)/t19-/m0/s1. The quantitative estimate of drug-likeness (QED) is 0.635. The average molecular weight is 428 g/mol. The maximum atomic E-state index is 14.0. The highest BCUT2D eigenvalue weighted by molar-refractivity contribution is 8.15. The van der Waals surface area contributed by atoms with E-state index in [1.54, 1.807) is 42.5 Å². The van der Waals surface area contributed by atoms with E-state index in [1.165, 1.54) is 17.0 Å². The third kappa shape index (κ3) is 5.27. The van der Waals surface area contributed by atoms with Gasteiger partial charge in [-0.25, -0.2) is 9.38 Å². The zero-order valence-corrected chi connectivity index (χ0v) is 17.3. The third-order valence-corrected chi connectivity index (χ3v) is 5.40. The van der Waals surface area contributed by atoms with Crippen molar-refractivity contribution in [3.8, 4) is 5.75 Å². The fourth-order valence-electron chi connectivity index (χ4n) is 2.85. The molecule has 1 heterocycles. The van der Waals surface area contributed by atoms with E-state index in [1.807, 2.05) is 6.92 Å². The van der Waals surface area contributed by atoms with E-state index in [0.717, 1.165) is 11.8 Å². The minimum Gasteiger partial charge on any atom is -0.494 e. The molecule has 0 bridgehead atoms. The van der Waals surface area contributed by atoms with Gasteiger partial charge in [0.25, 0.3) is 0 Å². The molecule has 6 nitrogen and oxygen atoms in total. The van der Waals surface area contributed by atoms with Crippen molar-refractivity contribution >= 4 is 40.1 Å². The van der Waals surface area contributed by atoms with Gasteiger partial charge in [-0.2, -0.15) is 0 Å². The lowest BCUT2D eigenvalue weighted by Crippen LogP contribution is -2.33. The second-order valence-electron chi connectivity index (χ2n) is 6.40. The first kappa shape index (κ1) is 21.6. The van der Waals surface area contributed by atoms with Gasteiger partial charge >= 0.3 is 0 Å². The molecule has 1 N–H and O–H groups in total. The number of nitrogens with one attached hydrogen (secondary N) is 1. The van der Waals surface area contributed by atoms with Gasteiger partial charge in [-0.3, -0.25) is 14.5 Å². The number of rotatable bonds is 8. The van der Waals surface area contributed by atoms with Gasteiger partial charge in [0.1, 0.15) is 22.5 Å². The molecule has 1 fully saturated rings. The second kappa shape index (κ2) is 10.1. The minimum atomic E-state index is -0.641. The van der Waals surface area contributed by atoms with Crippen molar-refractivity contribution in [1.82, 2.24) is 4.90 Å². The van der Waals surface area contributed by atoms with Crippen molar-refractivity contribution < 1.29 is 18.7 Å². The number of hydrogen-bond acceptors (Lipinski definition) is 5. The predicted octanol–water partition coefficient (Wildman–Crippen LogP) is 4.37. The fraction of sp³-hybridized carbons (Fsp3) is 0.227. The first-order valence-electron chi connectivity index (χ1n) is 9.46.